The molecule has 0 unspecified atom stereocenters. The molecule has 6 rings (SSSR count). The summed E-state index contributed by atoms with van der Waals surface area (Å²) in [4.78, 5) is 0. The van der Waals surface area contributed by atoms with Gasteiger partial charge in [0.2, 0.25) is 0 Å². The van der Waals surface area contributed by atoms with Crippen LogP contribution in [0.2, 0.25) is 18.6 Å². The molecule has 2 aromatic rings. The lowest BCUT2D eigenvalue weighted by Gasteiger charge is -2.64. The van der Waals surface area contributed by atoms with E-state index in [1.165, 1.54) is 17.2 Å². The molecule has 2 bridgehead atoms. The van der Waals surface area contributed by atoms with Gasteiger partial charge in [0.1, 0.15) is 0 Å². The lowest BCUT2D eigenvalue weighted by atomic mass is 9.43. The fourth-order valence-electron chi connectivity index (χ4n) is 7.47. The third-order valence-corrected chi connectivity index (χ3v) is 14.0. The SMILES string of the molecule is C=C(B1O[C@H]2C[C@H]3C[C@H](C3(C)C)[C@@]2(C)O1)[C@H]([C@@H](C)OCc1ccccc1)[Si](C)(C)c1ccccc1. The number of rotatable bonds is 8. The maximum Gasteiger partial charge on any atom is 0.489 e. The average Bonchev–Trinajstić information content (AvgIpc) is 3.21. The van der Waals surface area contributed by atoms with Crippen molar-refractivity contribution in [2.75, 3.05) is 0 Å². The van der Waals surface area contributed by atoms with Crippen molar-refractivity contribution in [1.82, 2.24) is 0 Å². The minimum atomic E-state index is -2.03. The highest BCUT2D eigenvalue weighted by atomic mass is 28.3. The van der Waals surface area contributed by atoms with Crippen molar-refractivity contribution < 1.29 is 14.0 Å². The normalized spacial score (nSPS) is 30.8. The third-order valence-electron chi connectivity index (χ3n) is 9.77. The minimum absolute atomic E-state index is 0.00247. The quantitative estimate of drug-likeness (QED) is 0.403. The van der Waals surface area contributed by atoms with Gasteiger partial charge in [-0.25, -0.2) is 0 Å². The molecule has 4 fully saturated rings. The summed E-state index contributed by atoms with van der Waals surface area (Å²) in [5, 5.41) is 1.41. The van der Waals surface area contributed by atoms with Gasteiger partial charge in [-0.15, -0.1) is 6.58 Å². The monoisotopic (exact) mass is 488 g/mol. The van der Waals surface area contributed by atoms with Crippen LogP contribution in [0.15, 0.2) is 72.7 Å². The van der Waals surface area contributed by atoms with E-state index in [1.54, 1.807) is 0 Å². The van der Waals surface area contributed by atoms with Crippen LogP contribution in [0.1, 0.15) is 46.1 Å². The summed E-state index contributed by atoms with van der Waals surface area (Å²) in [5.74, 6) is 1.28. The van der Waals surface area contributed by atoms with E-state index in [-0.39, 0.29) is 30.5 Å². The van der Waals surface area contributed by atoms with Crippen LogP contribution in [0.5, 0.6) is 0 Å². The summed E-state index contributed by atoms with van der Waals surface area (Å²) in [6.45, 7) is 19.5. The predicted molar refractivity (Wildman–Crippen MR) is 147 cm³/mol. The van der Waals surface area contributed by atoms with Crippen LogP contribution in [0, 0.1) is 17.3 Å². The van der Waals surface area contributed by atoms with Gasteiger partial charge in [0.25, 0.3) is 0 Å². The van der Waals surface area contributed by atoms with Crippen LogP contribution in [0.3, 0.4) is 0 Å². The zero-order valence-electron chi connectivity index (χ0n) is 22.3. The van der Waals surface area contributed by atoms with E-state index in [1.807, 2.05) is 6.07 Å². The number of benzene rings is 2. The van der Waals surface area contributed by atoms with Crippen molar-refractivity contribution in [3.63, 3.8) is 0 Å². The predicted octanol–water partition coefficient (Wildman–Crippen LogP) is 6.40. The van der Waals surface area contributed by atoms with Crippen LogP contribution in [0.4, 0.5) is 0 Å². The van der Waals surface area contributed by atoms with E-state index in [9.17, 15) is 0 Å². The van der Waals surface area contributed by atoms with Crippen LogP contribution < -0.4 is 5.19 Å². The lowest BCUT2D eigenvalue weighted by molar-refractivity contribution is -0.199. The molecule has 3 aliphatic carbocycles. The van der Waals surface area contributed by atoms with Crippen molar-refractivity contribution in [3.8, 4) is 0 Å². The second-order valence-electron chi connectivity index (χ2n) is 12.4. The first-order valence-electron chi connectivity index (χ1n) is 13.3. The molecule has 0 spiro atoms. The second-order valence-corrected chi connectivity index (χ2v) is 17.1. The van der Waals surface area contributed by atoms with E-state index < -0.39 is 8.07 Å². The summed E-state index contributed by atoms with van der Waals surface area (Å²) < 4.78 is 20.1. The Balaban J connectivity index is 1.41. The van der Waals surface area contributed by atoms with Crippen molar-refractivity contribution in [2.24, 2.45) is 17.3 Å². The Morgan fingerprint density at radius 2 is 1.69 bits per heavy atom. The molecule has 6 atom stereocenters. The number of ether oxygens (including phenoxy) is 1. The minimum Gasteiger partial charge on any atom is -0.402 e. The average molecular weight is 489 g/mol. The van der Waals surface area contributed by atoms with E-state index in [0.29, 0.717) is 17.9 Å². The Kier molecular flexibility index (Phi) is 6.45. The van der Waals surface area contributed by atoms with Gasteiger partial charge in [-0.3, -0.25) is 0 Å². The zero-order valence-corrected chi connectivity index (χ0v) is 23.3. The molecule has 0 amide bonds. The third kappa shape index (κ3) is 4.19. The Hall–Kier alpha value is -1.66. The molecule has 1 aliphatic heterocycles. The summed E-state index contributed by atoms with van der Waals surface area (Å²) in [6, 6.07) is 21.3. The molecule has 35 heavy (non-hydrogen) atoms. The highest BCUT2D eigenvalue weighted by molar-refractivity contribution is 6.92. The molecule has 186 valence electrons. The molecule has 0 N–H and O–H groups in total. The molecule has 0 aromatic heterocycles. The van der Waals surface area contributed by atoms with E-state index >= 15 is 0 Å². The van der Waals surface area contributed by atoms with Gasteiger partial charge in [-0.1, -0.05) is 92.8 Å². The second kappa shape index (κ2) is 9.02. The first kappa shape index (κ1) is 25.0. The largest absolute Gasteiger partial charge is 0.489 e. The molecule has 4 aliphatic rings. The topological polar surface area (TPSA) is 27.7 Å². The van der Waals surface area contributed by atoms with Gasteiger partial charge in [0.05, 0.1) is 32.5 Å². The molecule has 0 radical (unpaired) electrons. The number of hydrogen-bond donors (Lipinski definition) is 0. The van der Waals surface area contributed by atoms with Crippen molar-refractivity contribution >= 4 is 20.4 Å². The van der Waals surface area contributed by atoms with Gasteiger partial charge in [-0.2, -0.15) is 0 Å². The lowest BCUT2D eigenvalue weighted by Crippen LogP contribution is -2.65. The molecule has 1 heterocycles. The first-order chi connectivity index (χ1) is 16.5. The summed E-state index contributed by atoms with van der Waals surface area (Å²) in [6.07, 6.45) is 2.50. The summed E-state index contributed by atoms with van der Waals surface area (Å²) in [7, 11) is -2.41. The molecular formula is C30H41BO3Si. The molecular weight excluding hydrogens is 447 g/mol. The highest BCUT2D eigenvalue weighted by Gasteiger charge is 2.68. The Morgan fingerprint density at radius 1 is 1.06 bits per heavy atom. The molecule has 5 heteroatoms. The Bertz CT molecular complexity index is 1060. The molecule has 2 aromatic carbocycles. The standard InChI is InChI=1S/C30H41BO3Si/c1-21(31-33-27-19-24-18-26(29(24,3)4)30(27,5)34-31)28(35(6,7)25-16-12-9-13-17-25)22(2)32-20-23-14-10-8-11-15-23/h8-17,22,24,26-28H,1,18-20H2,2-7H3/t22-,24-,26-,27+,28-,30-/m1/s1. The van der Waals surface area contributed by atoms with Gasteiger partial charge in [0.15, 0.2) is 0 Å². The Labute approximate surface area is 213 Å². The molecule has 1 saturated heterocycles. The van der Waals surface area contributed by atoms with Crippen molar-refractivity contribution in [3.05, 3.63) is 78.3 Å². The van der Waals surface area contributed by atoms with Gasteiger partial charge in [0, 0.05) is 5.54 Å². The van der Waals surface area contributed by atoms with Crippen LogP contribution in [-0.2, 0) is 20.7 Å². The maximum absolute atomic E-state index is 6.87. The van der Waals surface area contributed by atoms with Crippen LogP contribution in [-0.4, -0.2) is 33.0 Å². The van der Waals surface area contributed by atoms with Crippen LogP contribution >= 0.6 is 0 Å². The van der Waals surface area contributed by atoms with Crippen molar-refractivity contribution in [2.45, 2.75) is 83.6 Å². The van der Waals surface area contributed by atoms with Crippen LogP contribution in [0.25, 0.3) is 0 Å². The summed E-state index contributed by atoms with van der Waals surface area (Å²) in [5.41, 5.74) is 2.50. The van der Waals surface area contributed by atoms with Gasteiger partial charge >= 0.3 is 7.12 Å². The fraction of sp³-hybridized carbons (Fsp3) is 0.533. The van der Waals surface area contributed by atoms with E-state index in [4.69, 9.17) is 14.0 Å². The Morgan fingerprint density at radius 3 is 2.31 bits per heavy atom. The number of hydrogen-bond acceptors (Lipinski definition) is 3. The maximum atomic E-state index is 6.87. The molecule has 3 nitrogen and oxygen atoms in total. The van der Waals surface area contributed by atoms with Crippen molar-refractivity contribution in [1.29, 1.82) is 0 Å². The van der Waals surface area contributed by atoms with E-state index in [2.05, 4.69) is 102 Å². The zero-order chi connectivity index (χ0) is 25.0. The molecule has 3 saturated carbocycles. The van der Waals surface area contributed by atoms with E-state index in [0.717, 1.165) is 17.8 Å². The summed E-state index contributed by atoms with van der Waals surface area (Å²) >= 11 is 0. The fourth-order valence-corrected chi connectivity index (χ4v) is 11.2. The first-order valence-corrected chi connectivity index (χ1v) is 16.4. The van der Waals surface area contributed by atoms with Gasteiger partial charge < -0.3 is 14.0 Å². The smallest absolute Gasteiger partial charge is 0.402 e. The van der Waals surface area contributed by atoms with Gasteiger partial charge in [-0.05, 0) is 55.0 Å². The highest BCUT2D eigenvalue weighted by Crippen LogP contribution is 2.66.